The van der Waals surface area contributed by atoms with Gasteiger partial charge in [-0.1, -0.05) is 15.9 Å². The number of nitrogens with zero attached hydrogens (tertiary/aromatic N) is 3. The van der Waals surface area contributed by atoms with Crippen LogP contribution in [0.3, 0.4) is 0 Å². The fraction of sp³-hybridized carbons (Fsp3) is 0.692. The summed E-state index contributed by atoms with van der Waals surface area (Å²) in [5.74, 6) is 2.00. The van der Waals surface area contributed by atoms with E-state index in [-0.39, 0.29) is 0 Å². The fourth-order valence-corrected chi connectivity index (χ4v) is 3.46. The minimum absolute atomic E-state index is 0.782. The molecular weight excluding hydrogens is 278 g/mol. The van der Waals surface area contributed by atoms with Crippen LogP contribution in [-0.2, 0) is 12.8 Å². The van der Waals surface area contributed by atoms with E-state index in [0.29, 0.717) is 0 Å². The highest BCUT2D eigenvalue weighted by molar-refractivity contribution is 9.09. The fourth-order valence-electron chi connectivity index (χ4n) is 2.93. The number of halogens is 1. The molecule has 0 bridgehead atoms. The lowest BCUT2D eigenvalue weighted by Crippen LogP contribution is -2.24. The van der Waals surface area contributed by atoms with E-state index in [2.05, 4.69) is 30.8 Å². The second-order valence-corrected chi connectivity index (χ2v) is 5.73. The van der Waals surface area contributed by atoms with Crippen LogP contribution in [0.2, 0.25) is 0 Å². The number of rotatable bonds is 2. The Labute approximate surface area is 111 Å². The maximum Gasteiger partial charge on any atom is 0.135 e. The number of fused-ring (bicyclic) bond motifs is 1. The summed E-state index contributed by atoms with van der Waals surface area (Å²) in [5, 5.41) is 1.11. The zero-order valence-corrected chi connectivity index (χ0v) is 11.6. The molecule has 1 aliphatic carbocycles. The second-order valence-electron chi connectivity index (χ2n) is 5.08. The first-order valence-corrected chi connectivity index (χ1v) is 7.64. The third-order valence-electron chi connectivity index (χ3n) is 3.91. The van der Waals surface area contributed by atoms with Crippen LogP contribution in [0.15, 0.2) is 6.33 Å². The van der Waals surface area contributed by atoms with Crippen molar-refractivity contribution in [2.45, 2.75) is 32.1 Å². The van der Waals surface area contributed by atoms with Crippen molar-refractivity contribution >= 4 is 21.7 Å². The van der Waals surface area contributed by atoms with Gasteiger partial charge in [-0.2, -0.15) is 0 Å². The second kappa shape index (κ2) is 4.92. The first-order valence-electron chi connectivity index (χ1n) is 6.52. The van der Waals surface area contributed by atoms with Gasteiger partial charge in [-0.25, -0.2) is 9.97 Å². The summed E-state index contributed by atoms with van der Waals surface area (Å²) in [6.45, 7) is 2.30. The van der Waals surface area contributed by atoms with E-state index in [4.69, 9.17) is 0 Å². The highest BCUT2D eigenvalue weighted by atomic mass is 79.9. The number of aryl methyl sites for hydroxylation is 1. The maximum absolute atomic E-state index is 4.54. The molecular formula is C13H18BrN3. The molecule has 17 heavy (non-hydrogen) atoms. The van der Waals surface area contributed by atoms with Crippen molar-refractivity contribution in [3.8, 4) is 0 Å². The van der Waals surface area contributed by atoms with Crippen LogP contribution in [0.4, 0.5) is 5.82 Å². The molecule has 1 atom stereocenters. The van der Waals surface area contributed by atoms with Crippen LogP contribution < -0.4 is 4.90 Å². The van der Waals surface area contributed by atoms with Gasteiger partial charge in [-0.3, -0.25) is 0 Å². The monoisotopic (exact) mass is 295 g/mol. The minimum Gasteiger partial charge on any atom is -0.356 e. The molecule has 3 rings (SSSR count). The molecule has 0 saturated carbocycles. The quantitative estimate of drug-likeness (QED) is 0.786. The lowest BCUT2D eigenvalue weighted by Gasteiger charge is -2.24. The summed E-state index contributed by atoms with van der Waals surface area (Å²) >= 11 is 3.59. The summed E-state index contributed by atoms with van der Waals surface area (Å²) in [4.78, 5) is 11.4. The zero-order chi connectivity index (χ0) is 11.7. The molecule has 0 aromatic carbocycles. The molecule has 1 unspecified atom stereocenters. The van der Waals surface area contributed by atoms with E-state index >= 15 is 0 Å². The maximum atomic E-state index is 4.54. The lowest BCUT2D eigenvalue weighted by atomic mass is 9.96. The average molecular weight is 296 g/mol. The predicted octanol–water partition coefficient (Wildman–Crippen LogP) is 2.58. The number of alkyl halides is 1. The molecule has 3 nitrogen and oxygen atoms in total. The zero-order valence-electron chi connectivity index (χ0n) is 10.0. The van der Waals surface area contributed by atoms with Gasteiger partial charge in [0.05, 0.1) is 0 Å². The number of anilines is 1. The molecule has 1 aromatic rings. The van der Waals surface area contributed by atoms with E-state index < -0.39 is 0 Å². The standard InChI is InChI=1S/C13H18BrN3/c14-7-10-5-6-17(8-10)13-11-3-1-2-4-12(11)15-9-16-13/h9-10H,1-8H2. The molecule has 1 saturated heterocycles. The highest BCUT2D eigenvalue weighted by Crippen LogP contribution is 2.30. The van der Waals surface area contributed by atoms with Gasteiger partial charge in [0.15, 0.2) is 0 Å². The summed E-state index contributed by atoms with van der Waals surface area (Å²) in [5.41, 5.74) is 2.72. The molecule has 0 radical (unpaired) electrons. The summed E-state index contributed by atoms with van der Waals surface area (Å²) in [6.07, 6.45) is 7.92. The van der Waals surface area contributed by atoms with Crippen molar-refractivity contribution in [2.75, 3.05) is 23.3 Å². The van der Waals surface area contributed by atoms with Gasteiger partial charge in [0, 0.05) is 29.7 Å². The Morgan fingerprint density at radius 3 is 3.00 bits per heavy atom. The summed E-state index contributed by atoms with van der Waals surface area (Å²) < 4.78 is 0. The van der Waals surface area contributed by atoms with Crippen molar-refractivity contribution in [3.63, 3.8) is 0 Å². The van der Waals surface area contributed by atoms with E-state index in [0.717, 1.165) is 30.8 Å². The van der Waals surface area contributed by atoms with Crippen LogP contribution in [-0.4, -0.2) is 28.4 Å². The van der Waals surface area contributed by atoms with Crippen molar-refractivity contribution < 1.29 is 0 Å². The van der Waals surface area contributed by atoms with Crippen molar-refractivity contribution in [2.24, 2.45) is 5.92 Å². The van der Waals surface area contributed by atoms with E-state index in [1.54, 1.807) is 6.33 Å². The van der Waals surface area contributed by atoms with E-state index in [9.17, 15) is 0 Å². The Morgan fingerprint density at radius 1 is 1.29 bits per heavy atom. The van der Waals surface area contributed by atoms with Gasteiger partial charge in [0.2, 0.25) is 0 Å². The van der Waals surface area contributed by atoms with Gasteiger partial charge in [0.1, 0.15) is 12.1 Å². The van der Waals surface area contributed by atoms with Crippen molar-refractivity contribution in [1.29, 1.82) is 0 Å². The molecule has 1 aromatic heterocycles. The topological polar surface area (TPSA) is 29.0 Å². The number of hydrogen-bond acceptors (Lipinski definition) is 3. The van der Waals surface area contributed by atoms with Crippen LogP contribution in [0.1, 0.15) is 30.5 Å². The first kappa shape index (κ1) is 11.5. The Hall–Kier alpha value is -0.640. The van der Waals surface area contributed by atoms with Crippen LogP contribution in [0.25, 0.3) is 0 Å². The Morgan fingerprint density at radius 2 is 2.18 bits per heavy atom. The minimum atomic E-state index is 0.782. The Kier molecular flexibility index (Phi) is 3.32. The van der Waals surface area contributed by atoms with E-state index in [1.165, 1.54) is 42.8 Å². The van der Waals surface area contributed by atoms with Gasteiger partial charge in [0.25, 0.3) is 0 Å². The normalized spacial score (nSPS) is 23.8. The summed E-state index contributed by atoms with van der Waals surface area (Å²) in [7, 11) is 0. The van der Waals surface area contributed by atoms with Gasteiger partial charge >= 0.3 is 0 Å². The number of hydrogen-bond donors (Lipinski definition) is 0. The molecule has 2 heterocycles. The lowest BCUT2D eigenvalue weighted by molar-refractivity contribution is 0.654. The average Bonchev–Trinajstić information content (AvgIpc) is 2.87. The van der Waals surface area contributed by atoms with E-state index in [1.807, 2.05) is 0 Å². The molecule has 1 aliphatic heterocycles. The van der Waals surface area contributed by atoms with Crippen LogP contribution in [0, 0.1) is 5.92 Å². The SMILES string of the molecule is BrCC1CCN(c2ncnc3c2CCCC3)C1. The smallest absolute Gasteiger partial charge is 0.135 e. The molecule has 92 valence electrons. The Bertz CT molecular complexity index is 408. The first-order chi connectivity index (χ1) is 8.38. The van der Waals surface area contributed by atoms with Crippen molar-refractivity contribution in [1.82, 2.24) is 9.97 Å². The molecule has 0 spiro atoms. The van der Waals surface area contributed by atoms with Crippen LogP contribution >= 0.6 is 15.9 Å². The largest absolute Gasteiger partial charge is 0.356 e. The molecule has 2 aliphatic rings. The Balaban J connectivity index is 1.88. The summed E-state index contributed by atoms with van der Waals surface area (Å²) in [6, 6.07) is 0. The van der Waals surface area contributed by atoms with Crippen molar-refractivity contribution in [3.05, 3.63) is 17.6 Å². The van der Waals surface area contributed by atoms with Gasteiger partial charge in [-0.05, 0) is 38.0 Å². The predicted molar refractivity (Wildman–Crippen MR) is 72.8 cm³/mol. The molecule has 0 N–H and O–H groups in total. The highest BCUT2D eigenvalue weighted by Gasteiger charge is 2.26. The van der Waals surface area contributed by atoms with Gasteiger partial charge < -0.3 is 4.90 Å². The number of aromatic nitrogens is 2. The molecule has 4 heteroatoms. The van der Waals surface area contributed by atoms with Gasteiger partial charge in [-0.15, -0.1) is 0 Å². The third-order valence-corrected chi connectivity index (χ3v) is 4.82. The molecule has 0 amide bonds. The third kappa shape index (κ3) is 2.19. The van der Waals surface area contributed by atoms with Crippen LogP contribution in [0.5, 0.6) is 0 Å². The molecule has 1 fully saturated rings.